The molecule has 112 valence electrons. The molecule has 1 amide bonds. The van der Waals surface area contributed by atoms with Crippen LogP contribution in [0.25, 0.3) is 5.78 Å². The van der Waals surface area contributed by atoms with Gasteiger partial charge in [-0.1, -0.05) is 0 Å². The van der Waals surface area contributed by atoms with Crippen LogP contribution in [0.5, 0.6) is 0 Å². The fraction of sp³-hybridized carbons (Fsp3) is 0.538. The van der Waals surface area contributed by atoms with Crippen LogP contribution in [0, 0.1) is 13.8 Å². The lowest BCUT2D eigenvalue weighted by atomic mass is 10.1. The molecule has 0 unspecified atom stereocenters. The van der Waals surface area contributed by atoms with E-state index in [-0.39, 0.29) is 11.9 Å². The summed E-state index contributed by atoms with van der Waals surface area (Å²) in [5, 5.41) is 4.13. The molecule has 1 fully saturated rings. The van der Waals surface area contributed by atoms with Gasteiger partial charge in [-0.15, -0.1) is 5.10 Å². The van der Waals surface area contributed by atoms with Crippen molar-refractivity contribution in [1.29, 1.82) is 0 Å². The standard InChI is InChI=1S/C13H18N6OS/c1-8-10(7-11(20)18-3-5-21-6-4-18)9(2)19-13(15-8)16-12(14)17-19/h3-7H2,1-2H3,(H2,14,17). The monoisotopic (exact) mass is 306 g/mol. The molecule has 3 rings (SSSR count). The molecule has 0 aromatic carbocycles. The molecule has 0 atom stereocenters. The van der Waals surface area contributed by atoms with Crippen molar-refractivity contribution in [2.45, 2.75) is 20.3 Å². The van der Waals surface area contributed by atoms with Gasteiger partial charge >= 0.3 is 0 Å². The molecule has 2 N–H and O–H groups in total. The van der Waals surface area contributed by atoms with Gasteiger partial charge in [-0.2, -0.15) is 21.3 Å². The van der Waals surface area contributed by atoms with Crippen molar-refractivity contribution in [2.24, 2.45) is 0 Å². The maximum absolute atomic E-state index is 12.4. The summed E-state index contributed by atoms with van der Waals surface area (Å²) >= 11 is 1.89. The van der Waals surface area contributed by atoms with E-state index in [1.807, 2.05) is 30.5 Å². The number of fused-ring (bicyclic) bond motifs is 1. The van der Waals surface area contributed by atoms with E-state index < -0.39 is 0 Å². The third-order valence-corrected chi connectivity index (χ3v) is 4.70. The molecule has 0 aliphatic carbocycles. The van der Waals surface area contributed by atoms with Crippen LogP contribution >= 0.6 is 11.8 Å². The van der Waals surface area contributed by atoms with Crippen LogP contribution in [0.3, 0.4) is 0 Å². The van der Waals surface area contributed by atoms with Crippen molar-refractivity contribution in [1.82, 2.24) is 24.5 Å². The minimum atomic E-state index is 0.149. The maximum Gasteiger partial charge on any atom is 0.254 e. The summed E-state index contributed by atoms with van der Waals surface area (Å²) in [5.74, 6) is 2.85. The highest BCUT2D eigenvalue weighted by Gasteiger charge is 2.20. The second kappa shape index (κ2) is 5.51. The van der Waals surface area contributed by atoms with Crippen molar-refractivity contribution in [2.75, 3.05) is 30.3 Å². The van der Waals surface area contributed by atoms with Gasteiger partial charge in [0.25, 0.3) is 5.78 Å². The van der Waals surface area contributed by atoms with Crippen molar-refractivity contribution < 1.29 is 4.79 Å². The average molecular weight is 306 g/mol. The number of nitrogen functional groups attached to an aromatic ring is 1. The van der Waals surface area contributed by atoms with E-state index in [0.29, 0.717) is 12.2 Å². The van der Waals surface area contributed by atoms with Crippen molar-refractivity contribution in [3.8, 4) is 0 Å². The first-order valence-corrected chi connectivity index (χ1v) is 8.05. The fourth-order valence-electron chi connectivity index (χ4n) is 2.56. The van der Waals surface area contributed by atoms with Gasteiger partial charge < -0.3 is 10.6 Å². The Hall–Kier alpha value is -1.83. The topological polar surface area (TPSA) is 89.4 Å². The van der Waals surface area contributed by atoms with Gasteiger partial charge in [0.1, 0.15) is 0 Å². The van der Waals surface area contributed by atoms with E-state index in [4.69, 9.17) is 5.73 Å². The number of rotatable bonds is 2. The molecule has 0 bridgehead atoms. The third-order valence-electron chi connectivity index (χ3n) is 3.76. The van der Waals surface area contributed by atoms with Crippen LogP contribution < -0.4 is 5.73 Å². The Bertz CT molecular complexity index is 692. The number of carbonyl (C=O) groups excluding carboxylic acids is 1. The Balaban J connectivity index is 1.90. The second-order valence-corrected chi connectivity index (χ2v) is 6.34. The Morgan fingerprint density at radius 2 is 2.00 bits per heavy atom. The lowest BCUT2D eigenvalue weighted by Gasteiger charge is -2.26. The number of hydrogen-bond acceptors (Lipinski definition) is 6. The number of anilines is 1. The number of thioether (sulfide) groups is 1. The molecular formula is C13H18N6OS. The Morgan fingerprint density at radius 3 is 2.71 bits per heavy atom. The van der Waals surface area contributed by atoms with Gasteiger partial charge in [0.05, 0.1) is 6.42 Å². The third kappa shape index (κ3) is 2.67. The van der Waals surface area contributed by atoms with Crippen LogP contribution in [0.2, 0.25) is 0 Å². The highest BCUT2D eigenvalue weighted by atomic mass is 32.2. The van der Waals surface area contributed by atoms with Gasteiger partial charge in [-0.3, -0.25) is 4.79 Å². The molecule has 1 aliphatic rings. The molecule has 7 nitrogen and oxygen atoms in total. The SMILES string of the molecule is Cc1nc2nc(N)nn2c(C)c1CC(=O)N1CCSCC1. The number of nitrogens with zero attached hydrogens (tertiary/aromatic N) is 5. The molecule has 21 heavy (non-hydrogen) atoms. The number of hydrogen-bond donors (Lipinski definition) is 1. The summed E-state index contributed by atoms with van der Waals surface area (Å²) in [7, 11) is 0. The Labute approximate surface area is 126 Å². The Morgan fingerprint density at radius 1 is 1.29 bits per heavy atom. The summed E-state index contributed by atoms with van der Waals surface area (Å²) in [6.07, 6.45) is 0.352. The summed E-state index contributed by atoms with van der Waals surface area (Å²) in [6, 6.07) is 0. The second-order valence-electron chi connectivity index (χ2n) is 5.11. The number of carbonyl (C=O) groups is 1. The first-order valence-electron chi connectivity index (χ1n) is 6.90. The number of nitrogens with two attached hydrogens (primary N) is 1. The summed E-state index contributed by atoms with van der Waals surface area (Å²) in [4.78, 5) is 22.8. The molecule has 2 aromatic rings. The van der Waals surface area contributed by atoms with Crippen LogP contribution in [0.4, 0.5) is 5.95 Å². The van der Waals surface area contributed by atoms with Crippen molar-refractivity contribution >= 4 is 29.4 Å². The molecule has 0 saturated carbocycles. The van der Waals surface area contributed by atoms with Gasteiger partial charge in [0, 0.05) is 41.5 Å². The highest BCUT2D eigenvalue weighted by Crippen LogP contribution is 2.17. The minimum Gasteiger partial charge on any atom is -0.366 e. The van der Waals surface area contributed by atoms with Gasteiger partial charge in [0.15, 0.2) is 0 Å². The molecule has 8 heteroatoms. The van der Waals surface area contributed by atoms with Crippen molar-refractivity contribution in [3.05, 3.63) is 17.0 Å². The van der Waals surface area contributed by atoms with Crippen molar-refractivity contribution in [3.63, 3.8) is 0 Å². The number of aryl methyl sites for hydroxylation is 2. The normalized spacial score (nSPS) is 15.6. The predicted molar refractivity (Wildman–Crippen MR) is 82.3 cm³/mol. The van der Waals surface area contributed by atoms with Crippen LogP contribution in [-0.2, 0) is 11.2 Å². The maximum atomic E-state index is 12.4. The summed E-state index contributed by atoms with van der Waals surface area (Å²) < 4.78 is 1.61. The highest BCUT2D eigenvalue weighted by molar-refractivity contribution is 7.99. The van der Waals surface area contributed by atoms with E-state index in [2.05, 4.69) is 15.1 Å². The van der Waals surface area contributed by atoms with E-state index in [1.165, 1.54) is 0 Å². The molecule has 1 aliphatic heterocycles. The zero-order valence-electron chi connectivity index (χ0n) is 12.2. The predicted octanol–water partition coefficient (Wildman–Crippen LogP) is 0.441. The summed E-state index contributed by atoms with van der Waals surface area (Å²) in [6.45, 7) is 5.47. The van der Waals surface area contributed by atoms with E-state index in [9.17, 15) is 4.79 Å². The smallest absolute Gasteiger partial charge is 0.254 e. The van der Waals surface area contributed by atoms with E-state index in [0.717, 1.165) is 41.5 Å². The van der Waals surface area contributed by atoms with Crippen LogP contribution in [0.1, 0.15) is 17.0 Å². The van der Waals surface area contributed by atoms with Gasteiger partial charge in [-0.25, -0.2) is 4.98 Å². The van der Waals surface area contributed by atoms with Crippen LogP contribution in [0.15, 0.2) is 0 Å². The molecule has 1 saturated heterocycles. The first kappa shape index (κ1) is 14.1. The number of amides is 1. The molecule has 2 aromatic heterocycles. The zero-order valence-corrected chi connectivity index (χ0v) is 13.0. The number of aromatic nitrogens is 4. The summed E-state index contributed by atoms with van der Waals surface area (Å²) in [5.41, 5.74) is 8.22. The molecule has 0 spiro atoms. The van der Waals surface area contributed by atoms with E-state index in [1.54, 1.807) is 4.52 Å². The lowest BCUT2D eigenvalue weighted by molar-refractivity contribution is -0.130. The molecule has 3 heterocycles. The quantitative estimate of drug-likeness (QED) is 0.866. The minimum absolute atomic E-state index is 0.149. The van der Waals surface area contributed by atoms with E-state index >= 15 is 0 Å². The molecule has 0 radical (unpaired) electrons. The first-order chi connectivity index (χ1) is 10.1. The average Bonchev–Trinajstić information content (AvgIpc) is 2.85. The fourth-order valence-corrected chi connectivity index (χ4v) is 3.46. The molecular weight excluding hydrogens is 288 g/mol. The van der Waals surface area contributed by atoms with Crippen LogP contribution in [-0.4, -0.2) is 55.0 Å². The largest absolute Gasteiger partial charge is 0.366 e. The van der Waals surface area contributed by atoms with Gasteiger partial charge in [-0.05, 0) is 13.8 Å². The zero-order chi connectivity index (χ0) is 15.0. The lowest BCUT2D eigenvalue weighted by Crippen LogP contribution is -2.39. The Kier molecular flexibility index (Phi) is 3.71. The van der Waals surface area contributed by atoms with Gasteiger partial charge in [0.2, 0.25) is 11.9 Å².